The minimum atomic E-state index is 0.00231. The molecule has 6 heteroatoms. The van der Waals surface area contributed by atoms with Gasteiger partial charge in [-0.15, -0.1) is 11.3 Å². The van der Waals surface area contributed by atoms with Gasteiger partial charge in [-0.2, -0.15) is 0 Å². The Morgan fingerprint density at radius 2 is 2.24 bits per heavy atom. The molecule has 0 aliphatic heterocycles. The highest BCUT2D eigenvalue weighted by Gasteiger charge is 2.23. The summed E-state index contributed by atoms with van der Waals surface area (Å²) in [6.07, 6.45) is 5.52. The van der Waals surface area contributed by atoms with E-state index in [2.05, 4.69) is 39.7 Å². The van der Waals surface area contributed by atoms with Crippen molar-refractivity contribution in [2.24, 2.45) is 7.05 Å². The molecule has 110 valence electrons. The van der Waals surface area contributed by atoms with Crippen LogP contribution in [0.5, 0.6) is 0 Å². The van der Waals surface area contributed by atoms with Gasteiger partial charge < -0.3 is 8.98 Å². The second kappa shape index (κ2) is 5.83. The van der Waals surface area contributed by atoms with Crippen molar-refractivity contribution < 1.29 is 4.42 Å². The standard InChI is InChI=1S/C15H18N4OS/c1-10-9-17-15(20-10)11(2)18-13(12-5-4-8-21-12)14-16-6-7-19(14)3/h4-9,11,13,18H,1-3H3. The van der Waals surface area contributed by atoms with Crippen LogP contribution in [-0.4, -0.2) is 14.5 Å². The normalized spacial score (nSPS) is 14.2. The fourth-order valence-electron chi connectivity index (χ4n) is 2.29. The molecule has 3 aromatic rings. The number of nitrogens with zero attached hydrogens (tertiary/aromatic N) is 3. The van der Waals surface area contributed by atoms with E-state index in [9.17, 15) is 0 Å². The summed E-state index contributed by atoms with van der Waals surface area (Å²) in [4.78, 5) is 10.0. The van der Waals surface area contributed by atoms with Gasteiger partial charge in [-0.25, -0.2) is 9.97 Å². The summed E-state index contributed by atoms with van der Waals surface area (Å²) in [5, 5.41) is 5.64. The predicted octanol–water partition coefficient (Wildman–Crippen LogP) is 3.22. The molecule has 0 bridgehead atoms. The zero-order chi connectivity index (χ0) is 14.8. The van der Waals surface area contributed by atoms with E-state index in [-0.39, 0.29) is 12.1 Å². The first-order valence-electron chi connectivity index (χ1n) is 6.84. The summed E-state index contributed by atoms with van der Waals surface area (Å²) in [5.41, 5.74) is 0. The van der Waals surface area contributed by atoms with Crippen LogP contribution >= 0.6 is 11.3 Å². The minimum absolute atomic E-state index is 0.00231. The topological polar surface area (TPSA) is 55.9 Å². The van der Waals surface area contributed by atoms with Crippen LogP contribution in [0.3, 0.4) is 0 Å². The Hall–Kier alpha value is -1.92. The van der Waals surface area contributed by atoms with Gasteiger partial charge in [0.25, 0.3) is 0 Å². The van der Waals surface area contributed by atoms with Gasteiger partial charge in [-0.05, 0) is 25.3 Å². The van der Waals surface area contributed by atoms with E-state index in [1.165, 1.54) is 4.88 Å². The van der Waals surface area contributed by atoms with E-state index < -0.39 is 0 Å². The Bertz CT molecular complexity index is 701. The molecule has 0 saturated heterocycles. The van der Waals surface area contributed by atoms with E-state index in [0.717, 1.165) is 11.6 Å². The molecule has 0 spiro atoms. The van der Waals surface area contributed by atoms with E-state index in [0.29, 0.717) is 5.89 Å². The van der Waals surface area contributed by atoms with E-state index in [1.807, 2.05) is 30.9 Å². The van der Waals surface area contributed by atoms with Crippen LogP contribution in [0.15, 0.2) is 40.5 Å². The van der Waals surface area contributed by atoms with Crippen LogP contribution in [0.25, 0.3) is 0 Å². The highest BCUT2D eigenvalue weighted by Crippen LogP contribution is 2.27. The lowest BCUT2D eigenvalue weighted by Gasteiger charge is -2.20. The van der Waals surface area contributed by atoms with Crippen LogP contribution in [0.4, 0.5) is 0 Å². The lowest BCUT2D eigenvalue weighted by Crippen LogP contribution is -2.27. The third kappa shape index (κ3) is 2.91. The molecule has 0 amide bonds. The Balaban J connectivity index is 1.88. The first-order chi connectivity index (χ1) is 10.1. The second-order valence-corrected chi connectivity index (χ2v) is 6.02. The summed E-state index contributed by atoms with van der Waals surface area (Å²) in [6, 6.07) is 4.19. The molecule has 2 unspecified atom stereocenters. The van der Waals surface area contributed by atoms with Crippen molar-refractivity contribution in [1.29, 1.82) is 0 Å². The number of hydrogen-bond donors (Lipinski definition) is 1. The number of aryl methyl sites for hydroxylation is 2. The minimum Gasteiger partial charge on any atom is -0.444 e. The average molecular weight is 302 g/mol. The van der Waals surface area contributed by atoms with Crippen molar-refractivity contribution in [3.8, 4) is 0 Å². The summed E-state index contributed by atoms with van der Waals surface area (Å²) in [7, 11) is 2.00. The highest BCUT2D eigenvalue weighted by molar-refractivity contribution is 7.10. The Labute approximate surface area is 127 Å². The fraction of sp³-hybridized carbons (Fsp3) is 0.333. The van der Waals surface area contributed by atoms with Crippen molar-refractivity contribution in [3.05, 3.63) is 58.5 Å². The van der Waals surface area contributed by atoms with Crippen molar-refractivity contribution in [3.63, 3.8) is 0 Å². The molecule has 0 aromatic carbocycles. The highest BCUT2D eigenvalue weighted by atomic mass is 32.1. The lowest BCUT2D eigenvalue weighted by molar-refractivity contribution is 0.382. The second-order valence-electron chi connectivity index (χ2n) is 5.04. The van der Waals surface area contributed by atoms with Gasteiger partial charge in [0.2, 0.25) is 5.89 Å². The maximum absolute atomic E-state index is 5.61. The van der Waals surface area contributed by atoms with Crippen molar-refractivity contribution in [2.45, 2.75) is 25.9 Å². The van der Waals surface area contributed by atoms with Crippen molar-refractivity contribution >= 4 is 11.3 Å². The summed E-state index contributed by atoms with van der Waals surface area (Å²) >= 11 is 1.71. The molecule has 1 N–H and O–H groups in total. The SMILES string of the molecule is Cc1cnc(C(C)NC(c2cccs2)c2nccn2C)o1. The molecular weight excluding hydrogens is 284 g/mol. The van der Waals surface area contributed by atoms with Gasteiger partial charge >= 0.3 is 0 Å². The molecule has 0 fully saturated rings. The van der Waals surface area contributed by atoms with Crippen molar-refractivity contribution in [2.75, 3.05) is 0 Å². The van der Waals surface area contributed by atoms with Gasteiger partial charge in [0.15, 0.2) is 0 Å². The van der Waals surface area contributed by atoms with Crippen LogP contribution < -0.4 is 5.32 Å². The van der Waals surface area contributed by atoms with Crippen LogP contribution in [-0.2, 0) is 7.05 Å². The zero-order valence-electron chi connectivity index (χ0n) is 12.3. The number of oxazole rings is 1. The number of imidazole rings is 1. The Morgan fingerprint density at radius 3 is 2.81 bits per heavy atom. The molecule has 0 radical (unpaired) electrons. The maximum Gasteiger partial charge on any atom is 0.211 e. The molecule has 0 aliphatic rings. The maximum atomic E-state index is 5.61. The molecule has 5 nitrogen and oxygen atoms in total. The molecule has 3 rings (SSSR count). The number of hydrogen-bond acceptors (Lipinski definition) is 5. The smallest absolute Gasteiger partial charge is 0.211 e. The predicted molar refractivity (Wildman–Crippen MR) is 82.2 cm³/mol. The molecule has 0 aliphatic carbocycles. The fourth-order valence-corrected chi connectivity index (χ4v) is 3.07. The molecule has 3 heterocycles. The van der Waals surface area contributed by atoms with Crippen molar-refractivity contribution in [1.82, 2.24) is 19.9 Å². The Kier molecular flexibility index (Phi) is 3.90. The monoisotopic (exact) mass is 302 g/mol. The average Bonchev–Trinajstić information content (AvgIpc) is 3.17. The zero-order valence-corrected chi connectivity index (χ0v) is 13.1. The molecule has 0 saturated carbocycles. The van der Waals surface area contributed by atoms with Gasteiger partial charge in [-0.1, -0.05) is 6.07 Å². The van der Waals surface area contributed by atoms with Crippen LogP contribution in [0, 0.1) is 6.92 Å². The number of thiophene rings is 1. The summed E-state index contributed by atoms with van der Waals surface area (Å²) in [6.45, 7) is 3.95. The third-order valence-corrected chi connectivity index (χ3v) is 4.31. The van der Waals surface area contributed by atoms with Crippen LogP contribution in [0.1, 0.15) is 41.4 Å². The first kappa shape index (κ1) is 14.0. The van der Waals surface area contributed by atoms with E-state index in [1.54, 1.807) is 17.5 Å². The van der Waals surface area contributed by atoms with Gasteiger partial charge in [0.05, 0.1) is 12.2 Å². The summed E-state index contributed by atoms with van der Waals surface area (Å²) in [5.74, 6) is 2.50. The largest absolute Gasteiger partial charge is 0.444 e. The molecule has 3 aromatic heterocycles. The molecular formula is C15H18N4OS. The first-order valence-corrected chi connectivity index (χ1v) is 7.72. The van der Waals surface area contributed by atoms with Gasteiger partial charge in [-0.3, -0.25) is 5.32 Å². The lowest BCUT2D eigenvalue weighted by atomic mass is 10.2. The number of nitrogens with one attached hydrogen (secondary N) is 1. The number of rotatable bonds is 5. The third-order valence-electron chi connectivity index (χ3n) is 3.37. The molecule has 2 atom stereocenters. The van der Waals surface area contributed by atoms with Crippen LogP contribution in [0.2, 0.25) is 0 Å². The van der Waals surface area contributed by atoms with Gasteiger partial charge in [0, 0.05) is 24.3 Å². The Morgan fingerprint density at radius 1 is 1.38 bits per heavy atom. The molecule has 21 heavy (non-hydrogen) atoms. The van der Waals surface area contributed by atoms with E-state index >= 15 is 0 Å². The van der Waals surface area contributed by atoms with Gasteiger partial charge in [0.1, 0.15) is 17.6 Å². The summed E-state index contributed by atoms with van der Waals surface area (Å²) < 4.78 is 7.65. The number of aromatic nitrogens is 3. The quantitative estimate of drug-likeness (QED) is 0.786. The van der Waals surface area contributed by atoms with E-state index in [4.69, 9.17) is 4.42 Å².